The van der Waals surface area contributed by atoms with Crippen LogP contribution >= 0.6 is 0 Å². The largest absolute Gasteiger partial charge is 0.457 e. The van der Waals surface area contributed by atoms with Crippen molar-refractivity contribution < 1.29 is 4.74 Å². The van der Waals surface area contributed by atoms with Gasteiger partial charge in [-0.1, -0.05) is 84.7 Å². The molecule has 0 aliphatic heterocycles. The average molecular weight is 707 g/mol. The second-order valence-corrected chi connectivity index (χ2v) is 16.5. The molecule has 1 aliphatic carbocycles. The zero-order chi connectivity index (χ0) is 37.4. The highest BCUT2D eigenvalue weighted by atomic mass is 16.5. The van der Waals surface area contributed by atoms with Crippen LogP contribution < -0.4 is 4.74 Å². The van der Waals surface area contributed by atoms with Gasteiger partial charge >= 0.3 is 0 Å². The summed E-state index contributed by atoms with van der Waals surface area (Å²) in [5.41, 5.74) is 11.3. The number of nitrogens with zero attached hydrogens (tertiary/aromatic N) is 4. The zero-order valence-corrected chi connectivity index (χ0v) is 33.4. The molecular weight excluding hydrogens is 649 g/mol. The average Bonchev–Trinajstić information content (AvgIpc) is 3.63. The van der Waals surface area contributed by atoms with Gasteiger partial charge in [-0.05, 0) is 123 Å². The van der Waals surface area contributed by atoms with E-state index in [4.69, 9.17) is 14.8 Å². The molecule has 6 aromatic rings. The molecule has 0 bridgehead atoms. The van der Waals surface area contributed by atoms with Gasteiger partial charge in [-0.15, -0.1) is 0 Å². The maximum absolute atomic E-state index is 6.86. The first-order chi connectivity index (χ1) is 25.5. The summed E-state index contributed by atoms with van der Waals surface area (Å²) >= 11 is 0. The summed E-state index contributed by atoms with van der Waals surface area (Å²) in [4.78, 5) is 4.88. The smallest absolute Gasteiger partial charge is 0.137 e. The number of rotatable bonds is 12. The monoisotopic (exact) mass is 706 g/mol. The zero-order valence-electron chi connectivity index (χ0n) is 33.4. The van der Waals surface area contributed by atoms with Crippen molar-refractivity contribution >= 4 is 21.8 Å². The Morgan fingerprint density at radius 1 is 0.849 bits per heavy atom. The van der Waals surface area contributed by atoms with Crippen LogP contribution in [-0.2, 0) is 12.8 Å². The van der Waals surface area contributed by atoms with E-state index in [0.717, 1.165) is 59.0 Å². The quantitative estimate of drug-likeness (QED) is 0.119. The third kappa shape index (κ3) is 7.45. The highest BCUT2D eigenvalue weighted by molar-refractivity contribution is 6.09. The minimum absolute atomic E-state index is 0.327. The molecule has 0 radical (unpaired) electrons. The third-order valence-electron chi connectivity index (χ3n) is 11.4. The number of allylic oxidation sites excluding steroid dienone is 2. The normalized spacial score (nSPS) is 17.7. The lowest BCUT2D eigenvalue weighted by Gasteiger charge is -2.33. The van der Waals surface area contributed by atoms with Gasteiger partial charge in [-0.25, -0.2) is 9.67 Å². The fraction of sp³-hybridized carbons (Fsp3) is 0.417. The van der Waals surface area contributed by atoms with E-state index in [0.29, 0.717) is 29.6 Å². The van der Waals surface area contributed by atoms with Crippen molar-refractivity contribution in [3.05, 3.63) is 119 Å². The molecule has 3 atom stereocenters. The van der Waals surface area contributed by atoms with Gasteiger partial charge in [0.2, 0.25) is 0 Å². The van der Waals surface area contributed by atoms with E-state index in [2.05, 4.69) is 150 Å². The molecule has 276 valence electrons. The lowest BCUT2D eigenvalue weighted by Crippen LogP contribution is -2.21. The predicted molar refractivity (Wildman–Crippen MR) is 222 cm³/mol. The molecule has 0 saturated carbocycles. The number of fused-ring (bicyclic) bond motifs is 3. The summed E-state index contributed by atoms with van der Waals surface area (Å²) in [5.74, 6) is 5.09. The number of para-hydroxylation sites is 1. The van der Waals surface area contributed by atoms with Crippen molar-refractivity contribution in [2.45, 2.75) is 113 Å². The molecule has 53 heavy (non-hydrogen) atoms. The molecule has 5 heteroatoms. The van der Waals surface area contributed by atoms with Crippen LogP contribution in [0.15, 0.2) is 90.6 Å². The van der Waals surface area contributed by atoms with Crippen molar-refractivity contribution in [1.29, 1.82) is 0 Å². The van der Waals surface area contributed by atoms with E-state index in [1.807, 2.05) is 6.20 Å². The first-order valence-corrected chi connectivity index (χ1v) is 20.1. The lowest BCUT2D eigenvalue weighted by atomic mass is 9.72. The van der Waals surface area contributed by atoms with Gasteiger partial charge in [0, 0.05) is 46.3 Å². The second kappa shape index (κ2) is 15.4. The Hall–Kier alpha value is -4.64. The van der Waals surface area contributed by atoms with E-state index >= 15 is 0 Å². The standard InChI is InChI=1S/C48H58N4O/c1-10-11-14-36-21-22-49-46(25-36)51-43-16-13-12-15-41(43)42-19-18-39(29-45(42)51)53-40-27-37(31(4)5)26-38(28-40)52-44(20-17-30(2)3)48(35(9)50-52)47-33(7)23-32(6)24-34(47)8/h12-13,15-16,18-19,21-23,25-32,34,47H,10-11,14,17,20,24H2,1-9H3/t32-,34?,47-/m0/s1. The summed E-state index contributed by atoms with van der Waals surface area (Å²) in [6, 6.07) is 26.2. The van der Waals surface area contributed by atoms with Crippen LogP contribution in [0.25, 0.3) is 33.3 Å². The highest BCUT2D eigenvalue weighted by Crippen LogP contribution is 2.44. The van der Waals surface area contributed by atoms with Gasteiger partial charge in [0.1, 0.15) is 17.3 Å². The molecule has 1 aliphatic rings. The SMILES string of the molecule is CCCCc1ccnc(-n2c3ccccc3c3ccc(Oc4cc(C(C)C)cc(-n5nc(C)c([C@H]6C(C)=C[C@H](C)CC6C)c5CCC(C)C)c4)cc32)c1. The van der Waals surface area contributed by atoms with Crippen LogP contribution in [0.1, 0.15) is 121 Å². The van der Waals surface area contributed by atoms with Gasteiger partial charge in [-0.2, -0.15) is 5.10 Å². The number of ether oxygens (including phenoxy) is 1. The number of aryl methyl sites for hydroxylation is 2. The fourth-order valence-electron chi connectivity index (χ4n) is 8.81. The van der Waals surface area contributed by atoms with E-state index in [-0.39, 0.29) is 0 Å². The molecule has 3 heterocycles. The number of hydrogen-bond donors (Lipinski definition) is 0. The van der Waals surface area contributed by atoms with Crippen LogP contribution in [0.4, 0.5) is 0 Å². The summed E-state index contributed by atoms with van der Waals surface area (Å²) in [7, 11) is 0. The molecule has 5 nitrogen and oxygen atoms in total. The summed E-state index contributed by atoms with van der Waals surface area (Å²) in [6.45, 7) is 20.7. The van der Waals surface area contributed by atoms with Crippen LogP contribution in [0.5, 0.6) is 11.5 Å². The van der Waals surface area contributed by atoms with E-state index in [1.54, 1.807) is 0 Å². The van der Waals surface area contributed by atoms with Gasteiger partial charge in [0.25, 0.3) is 0 Å². The Labute approximate surface area is 317 Å². The van der Waals surface area contributed by atoms with E-state index in [1.165, 1.54) is 58.0 Å². The molecule has 3 aromatic heterocycles. The molecule has 7 rings (SSSR count). The Balaban J connectivity index is 1.33. The van der Waals surface area contributed by atoms with Crippen molar-refractivity contribution in [3.8, 4) is 23.0 Å². The minimum Gasteiger partial charge on any atom is -0.457 e. The van der Waals surface area contributed by atoms with Crippen molar-refractivity contribution in [3.63, 3.8) is 0 Å². The first-order valence-electron chi connectivity index (χ1n) is 20.1. The topological polar surface area (TPSA) is 44.9 Å². The van der Waals surface area contributed by atoms with E-state index < -0.39 is 0 Å². The minimum atomic E-state index is 0.327. The summed E-state index contributed by atoms with van der Waals surface area (Å²) in [6.07, 6.45) is 11.2. The Bertz CT molecular complexity index is 2270. The highest BCUT2D eigenvalue weighted by Gasteiger charge is 2.32. The number of aromatic nitrogens is 4. The number of benzene rings is 3. The lowest BCUT2D eigenvalue weighted by molar-refractivity contribution is 0.389. The van der Waals surface area contributed by atoms with E-state index in [9.17, 15) is 0 Å². The number of unbranched alkanes of at least 4 members (excludes halogenated alkanes) is 1. The maximum Gasteiger partial charge on any atom is 0.137 e. The molecule has 1 unspecified atom stereocenters. The van der Waals surface area contributed by atoms with Gasteiger partial charge in [0.15, 0.2) is 0 Å². The third-order valence-corrected chi connectivity index (χ3v) is 11.4. The molecule has 0 saturated heterocycles. The molecule has 0 fully saturated rings. The van der Waals surface area contributed by atoms with Crippen LogP contribution in [0.2, 0.25) is 0 Å². The molecule has 0 spiro atoms. The first kappa shape index (κ1) is 36.7. The number of hydrogen-bond acceptors (Lipinski definition) is 3. The Morgan fingerprint density at radius 2 is 1.64 bits per heavy atom. The summed E-state index contributed by atoms with van der Waals surface area (Å²) in [5, 5.41) is 7.73. The predicted octanol–water partition coefficient (Wildman–Crippen LogP) is 13.2. The van der Waals surface area contributed by atoms with Crippen LogP contribution in [-0.4, -0.2) is 19.3 Å². The van der Waals surface area contributed by atoms with Gasteiger partial charge in [0.05, 0.1) is 22.4 Å². The van der Waals surface area contributed by atoms with Crippen LogP contribution in [0.3, 0.4) is 0 Å². The second-order valence-electron chi connectivity index (χ2n) is 16.5. The maximum atomic E-state index is 6.86. The van der Waals surface area contributed by atoms with Gasteiger partial charge in [-0.3, -0.25) is 4.57 Å². The molecule has 0 N–H and O–H groups in total. The number of pyridine rings is 1. The van der Waals surface area contributed by atoms with Crippen LogP contribution in [0, 0.1) is 24.7 Å². The van der Waals surface area contributed by atoms with Gasteiger partial charge < -0.3 is 4.74 Å². The fourth-order valence-corrected chi connectivity index (χ4v) is 8.81. The molecule has 0 amide bonds. The van der Waals surface area contributed by atoms with Crippen molar-refractivity contribution in [2.24, 2.45) is 17.8 Å². The Morgan fingerprint density at radius 3 is 2.40 bits per heavy atom. The molecule has 3 aromatic carbocycles. The summed E-state index contributed by atoms with van der Waals surface area (Å²) < 4.78 is 11.4. The molecular formula is C48H58N4O. The van der Waals surface area contributed by atoms with Crippen molar-refractivity contribution in [1.82, 2.24) is 19.3 Å². The van der Waals surface area contributed by atoms with Crippen molar-refractivity contribution in [2.75, 3.05) is 0 Å². The Kier molecular flexibility index (Phi) is 10.7.